The molecule has 1 unspecified atom stereocenters. The number of halogens is 2. The monoisotopic (exact) mass is 352 g/mol. The highest BCUT2D eigenvalue weighted by Crippen LogP contribution is 2.29. The molecule has 0 amide bonds. The number of hydrogen-bond acceptors (Lipinski definition) is 1. The van der Waals surface area contributed by atoms with Gasteiger partial charge >= 0.3 is 0 Å². The van der Waals surface area contributed by atoms with E-state index in [0.717, 1.165) is 16.6 Å². The molecule has 106 valence electrons. The van der Waals surface area contributed by atoms with E-state index in [9.17, 15) is 0 Å². The number of alkyl halides is 1. The van der Waals surface area contributed by atoms with Crippen molar-refractivity contribution < 1.29 is 4.74 Å². The van der Waals surface area contributed by atoms with Crippen molar-refractivity contribution >= 4 is 27.5 Å². The zero-order valence-corrected chi connectivity index (χ0v) is 14.0. The quantitative estimate of drug-likeness (QED) is 0.660. The Kier molecular flexibility index (Phi) is 5.50. The van der Waals surface area contributed by atoms with E-state index in [1.807, 2.05) is 6.07 Å². The molecule has 1 nitrogen and oxygen atoms in total. The third-order valence-corrected chi connectivity index (χ3v) is 4.33. The van der Waals surface area contributed by atoms with Gasteiger partial charge in [0.05, 0.1) is 7.11 Å². The Morgan fingerprint density at radius 2 is 1.85 bits per heavy atom. The van der Waals surface area contributed by atoms with E-state index in [2.05, 4.69) is 59.3 Å². The second-order valence-electron chi connectivity index (χ2n) is 4.92. The summed E-state index contributed by atoms with van der Waals surface area (Å²) in [5.74, 6) is 1.82. The molecule has 0 spiro atoms. The molecule has 0 aromatic heterocycles. The molecular weight excluding hydrogens is 336 g/mol. The Hall–Kier alpha value is -0.990. The molecular formula is C17H18BrClO. The van der Waals surface area contributed by atoms with Gasteiger partial charge in [0.25, 0.3) is 0 Å². The fraction of sp³-hybridized carbons (Fsp3) is 0.294. The highest BCUT2D eigenvalue weighted by molar-refractivity contribution is 9.10. The van der Waals surface area contributed by atoms with Crippen LogP contribution in [0.3, 0.4) is 0 Å². The molecule has 1 atom stereocenters. The summed E-state index contributed by atoms with van der Waals surface area (Å²) in [6, 6.07) is 14.6. The lowest BCUT2D eigenvalue weighted by Crippen LogP contribution is -2.06. The number of benzene rings is 2. The lowest BCUT2D eigenvalue weighted by atomic mass is 9.92. The van der Waals surface area contributed by atoms with Crippen LogP contribution in [0.25, 0.3) is 0 Å². The van der Waals surface area contributed by atoms with Gasteiger partial charge < -0.3 is 4.74 Å². The van der Waals surface area contributed by atoms with Crippen LogP contribution < -0.4 is 4.74 Å². The van der Waals surface area contributed by atoms with Crippen LogP contribution in [0.2, 0.25) is 0 Å². The van der Waals surface area contributed by atoms with E-state index >= 15 is 0 Å². The molecule has 20 heavy (non-hydrogen) atoms. The Morgan fingerprint density at radius 1 is 1.15 bits per heavy atom. The van der Waals surface area contributed by atoms with Crippen LogP contribution in [-0.4, -0.2) is 13.0 Å². The number of methoxy groups -OCH3 is 1. The minimum absolute atomic E-state index is 0.292. The molecule has 0 aliphatic carbocycles. The summed E-state index contributed by atoms with van der Waals surface area (Å²) in [6.45, 7) is 2.10. The number of rotatable bonds is 5. The first-order chi connectivity index (χ1) is 9.63. The molecule has 3 heteroatoms. The van der Waals surface area contributed by atoms with Gasteiger partial charge in [-0.3, -0.25) is 0 Å². The predicted octanol–water partition coefficient (Wildman–Crippen LogP) is 5.33. The van der Waals surface area contributed by atoms with Gasteiger partial charge in [0.1, 0.15) is 5.75 Å². The van der Waals surface area contributed by atoms with E-state index in [1.54, 1.807) is 7.11 Å². The Morgan fingerprint density at radius 3 is 2.45 bits per heavy atom. The van der Waals surface area contributed by atoms with Gasteiger partial charge in [-0.1, -0.05) is 45.8 Å². The summed E-state index contributed by atoms with van der Waals surface area (Å²) in [6.07, 6.45) is 0.885. The molecule has 0 N–H and O–H groups in total. The zero-order valence-electron chi connectivity index (χ0n) is 11.7. The van der Waals surface area contributed by atoms with Gasteiger partial charge in [-0.2, -0.15) is 0 Å². The summed E-state index contributed by atoms with van der Waals surface area (Å²) in [7, 11) is 1.71. The fourth-order valence-electron chi connectivity index (χ4n) is 2.33. The number of ether oxygens (including phenoxy) is 1. The highest BCUT2D eigenvalue weighted by Gasteiger charge is 2.14. The molecule has 0 bridgehead atoms. The van der Waals surface area contributed by atoms with Crippen LogP contribution in [0.5, 0.6) is 5.75 Å². The molecule has 2 rings (SSSR count). The van der Waals surface area contributed by atoms with Crippen molar-refractivity contribution in [1.29, 1.82) is 0 Å². The van der Waals surface area contributed by atoms with E-state index in [1.165, 1.54) is 16.7 Å². The van der Waals surface area contributed by atoms with E-state index in [4.69, 9.17) is 16.3 Å². The maximum atomic E-state index is 6.17. The molecule has 2 aromatic carbocycles. The Labute approximate surface area is 134 Å². The predicted molar refractivity (Wildman–Crippen MR) is 89.0 cm³/mol. The summed E-state index contributed by atoms with van der Waals surface area (Å²) >= 11 is 9.64. The van der Waals surface area contributed by atoms with Gasteiger partial charge in [0, 0.05) is 16.3 Å². The largest absolute Gasteiger partial charge is 0.496 e. The van der Waals surface area contributed by atoms with Crippen LogP contribution in [0.15, 0.2) is 46.9 Å². The molecule has 0 heterocycles. The Balaban J connectivity index is 2.26. The first kappa shape index (κ1) is 15.4. The third kappa shape index (κ3) is 3.77. The molecule has 0 aliphatic heterocycles. The third-order valence-electron chi connectivity index (χ3n) is 3.43. The fourth-order valence-corrected chi connectivity index (χ4v) is 2.88. The first-order valence-corrected chi connectivity index (χ1v) is 7.91. The maximum Gasteiger partial charge on any atom is 0.122 e. The lowest BCUT2D eigenvalue weighted by molar-refractivity contribution is 0.408. The smallest absolute Gasteiger partial charge is 0.122 e. The van der Waals surface area contributed by atoms with Gasteiger partial charge in [0.15, 0.2) is 0 Å². The van der Waals surface area contributed by atoms with Crippen molar-refractivity contribution in [3.63, 3.8) is 0 Å². The summed E-state index contributed by atoms with van der Waals surface area (Å²) in [4.78, 5) is 0. The van der Waals surface area contributed by atoms with Crippen molar-refractivity contribution in [2.75, 3.05) is 13.0 Å². The molecule has 0 saturated carbocycles. The standard InChI is InChI=1S/C17H18BrClO/c1-12-3-8-17(20-2)14(9-12)10-15(11-19)13-4-6-16(18)7-5-13/h3-9,15H,10-11H2,1-2H3. The first-order valence-electron chi connectivity index (χ1n) is 6.59. The highest BCUT2D eigenvalue weighted by atomic mass is 79.9. The van der Waals surface area contributed by atoms with Crippen molar-refractivity contribution in [2.45, 2.75) is 19.3 Å². The van der Waals surface area contributed by atoms with E-state index in [-0.39, 0.29) is 0 Å². The van der Waals surface area contributed by atoms with Crippen molar-refractivity contribution in [1.82, 2.24) is 0 Å². The van der Waals surface area contributed by atoms with Gasteiger partial charge in [-0.25, -0.2) is 0 Å². The molecule has 0 saturated heterocycles. The molecule has 2 aromatic rings. The van der Waals surface area contributed by atoms with Crippen LogP contribution in [0.1, 0.15) is 22.6 Å². The van der Waals surface area contributed by atoms with Gasteiger partial charge in [-0.15, -0.1) is 11.6 Å². The van der Waals surface area contributed by atoms with Crippen LogP contribution in [-0.2, 0) is 6.42 Å². The number of hydrogen-bond donors (Lipinski definition) is 0. The average molecular weight is 354 g/mol. The topological polar surface area (TPSA) is 9.23 Å². The second kappa shape index (κ2) is 7.14. The van der Waals surface area contributed by atoms with Gasteiger partial charge in [-0.05, 0) is 42.7 Å². The van der Waals surface area contributed by atoms with Crippen LogP contribution in [0.4, 0.5) is 0 Å². The van der Waals surface area contributed by atoms with Gasteiger partial charge in [0.2, 0.25) is 0 Å². The Bertz CT molecular complexity index is 566. The minimum Gasteiger partial charge on any atom is -0.496 e. The molecule has 0 aliphatic rings. The summed E-state index contributed by atoms with van der Waals surface area (Å²) in [5.41, 5.74) is 3.71. The normalized spacial score (nSPS) is 12.2. The van der Waals surface area contributed by atoms with Crippen LogP contribution >= 0.6 is 27.5 Å². The van der Waals surface area contributed by atoms with Crippen molar-refractivity contribution in [2.24, 2.45) is 0 Å². The lowest BCUT2D eigenvalue weighted by Gasteiger charge is -2.17. The number of aryl methyl sites for hydroxylation is 1. The minimum atomic E-state index is 0.292. The molecule has 0 fully saturated rings. The van der Waals surface area contributed by atoms with E-state index < -0.39 is 0 Å². The maximum absolute atomic E-state index is 6.17. The van der Waals surface area contributed by atoms with Crippen LogP contribution in [0, 0.1) is 6.92 Å². The average Bonchev–Trinajstić information content (AvgIpc) is 2.46. The van der Waals surface area contributed by atoms with Crippen molar-refractivity contribution in [3.05, 3.63) is 63.6 Å². The summed E-state index contributed by atoms with van der Waals surface area (Å²) < 4.78 is 6.54. The SMILES string of the molecule is COc1ccc(C)cc1CC(CCl)c1ccc(Br)cc1. The zero-order chi connectivity index (χ0) is 14.5. The van der Waals surface area contributed by atoms with Crippen molar-refractivity contribution in [3.8, 4) is 5.75 Å². The summed E-state index contributed by atoms with van der Waals surface area (Å²) in [5, 5.41) is 0. The second-order valence-corrected chi connectivity index (χ2v) is 6.15. The molecule has 0 radical (unpaired) electrons. The van der Waals surface area contributed by atoms with E-state index in [0.29, 0.717) is 11.8 Å².